The van der Waals surface area contributed by atoms with Crippen LogP contribution in [0.3, 0.4) is 0 Å². The van der Waals surface area contributed by atoms with E-state index in [2.05, 4.69) is 0 Å². The molecule has 0 spiro atoms. The van der Waals surface area contributed by atoms with E-state index in [1.54, 1.807) is 18.0 Å². The van der Waals surface area contributed by atoms with E-state index in [0.29, 0.717) is 0 Å². The first kappa shape index (κ1) is 9.82. The van der Waals surface area contributed by atoms with Crippen LogP contribution >= 0.6 is 11.6 Å². The van der Waals surface area contributed by atoms with Crippen molar-refractivity contribution in [2.45, 2.75) is 0 Å². The van der Waals surface area contributed by atoms with Gasteiger partial charge in [0.2, 0.25) is 0 Å². The van der Waals surface area contributed by atoms with Crippen LogP contribution in [-0.4, -0.2) is 13.6 Å². The average Bonchev–Trinajstić information content (AvgIpc) is 2.10. The molecule has 1 aromatic carbocycles. The highest BCUT2D eigenvalue weighted by Crippen LogP contribution is 2.21. The molecule has 0 atom stereocenters. The van der Waals surface area contributed by atoms with Crippen LogP contribution in [-0.2, 0) is 0 Å². The Bertz CT molecular complexity index is 346. The van der Waals surface area contributed by atoms with Crippen LogP contribution < -0.4 is 4.90 Å². The van der Waals surface area contributed by atoms with Crippen molar-refractivity contribution in [3.05, 3.63) is 29.0 Å². The summed E-state index contributed by atoms with van der Waals surface area (Å²) in [6.07, 6.45) is 0. The highest BCUT2D eigenvalue weighted by molar-refractivity contribution is 6.31. The van der Waals surface area contributed by atoms with Gasteiger partial charge in [0.15, 0.2) is 0 Å². The summed E-state index contributed by atoms with van der Waals surface area (Å²) in [5.74, 6) is -0.448. The Balaban J connectivity index is 2.91. The van der Waals surface area contributed by atoms with Crippen molar-refractivity contribution < 1.29 is 4.39 Å². The van der Waals surface area contributed by atoms with E-state index in [0.717, 1.165) is 5.69 Å². The van der Waals surface area contributed by atoms with Gasteiger partial charge in [0.05, 0.1) is 11.1 Å². The van der Waals surface area contributed by atoms with Crippen molar-refractivity contribution in [1.82, 2.24) is 0 Å². The van der Waals surface area contributed by atoms with Crippen LogP contribution in [0.5, 0.6) is 0 Å². The van der Waals surface area contributed by atoms with Crippen molar-refractivity contribution in [1.29, 1.82) is 5.26 Å². The lowest BCUT2D eigenvalue weighted by Gasteiger charge is -2.15. The predicted octanol–water partition coefficient (Wildman–Crippen LogP) is 2.44. The molecule has 68 valence electrons. The lowest BCUT2D eigenvalue weighted by molar-refractivity contribution is 0.628. The summed E-state index contributed by atoms with van der Waals surface area (Å²) in [6, 6.07) is 6.35. The van der Waals surface area contributed by atoms with Crippen LogP contribution in [0.4, 0.5) is 10.1 Å². The Labute approximate surface area is 81.1 Å². The number of nitrogens with zero attached hydrogens (tertiary/aromatic N) is 2. The molecule has 0 bridgehead atoms. The van der Waals surface area contributed by atoms with Crippen LogP contribution in [0, 0.1) is 17.1 Å². The zero-order valence-electron chi connectivity index (χ0n) is 7.09. The fraction of sp³-hybridized carbons (Fsp3) is 0.222. The zero-order chi connectivity index (χ0) is 9.84. The number of hydrogen-bond donors (Lipinski definition) is 0. The normalized spacial score (nSPS) is 9.38. The van der Waals surface area contributed by atoms with Crippen LogP contribution in [0.2, 0.25) is 5.02 Å². The van der Waals surface area contributed by atoms with Gasteiger partial charge in [-0.15, -0.1) is 0 Å². The van der Waals surface area contributed by atoms with Gasteiger partial charge in [0.1, 0.15) is 12.4 Å². The minimum atomic E-state index is -0.448. The first-order valence-corrected chi connectivity index (χ1v) is 4.06. The Morgan fingerprint density at radius 2 is 2.31 bits per heavy atom. The topological polar surface area (TPSA) is 27.0 Å². The van der Waals surface area contributed by atoms with Crippen molar-refractivity contribution >= 4 is 17.3 Å². The molecule has 0 heterocycles. The summed E-state index contributed by atoms with van der Waals surface area (Å²) in [5, 5.41) is 8.49. The third-order valence-electron chi connectivity index (χ3n) is 1.65. The predicted molar refractivity (Wildman–Crippen MR) is 50.3 cm³/mol. The number of hydrogen-bond acceptors (Lipinski definition) is 2. The second-order valence-corrected chi connectivity index (χ2v) is 3.02. The van der Waals surface area contributed by atoms with Crippen LogP contribution in [0.25, 0.3) is 0 Å². The lowest BCUT2D eigenvalue weighted by Crippen LogP contribution is -2.16. The largest absolute Gasteiger partial charge is 0.361 e. The fourth-order valence-electron chi connectivity index (χ4n) is 0.920. The monoisotopic (exact) mass is 198 g/mol. The van der Waals surface area contributed by atoms with E-state index in [9.17, 15) is 4.39 Å². The molecule has 4 heteroatoms. The quantitative estimate of drug-likeness (QED) is 0.683. The van der Waals surface area contributed by atoms with Crippen molar-refractivity contribution in [2.75, 3.05) is 18.5 Å². The minimum Gasteiger partial charge on any atom is -0.361 e. The SMILES string of the molecule is CN(CC#N)c1ccc(F)c(Cl)c1. The molecular weight excluding hydrogens is 191 g/mol. The minimum absolute atomic E-state index is 0.0716. The molecule has 0 amide bonds. The van der Waals surface area contributed by atoms with E-state index >= 15 is 0 Å². The maximum atomic E-state index is 12.7. The number of nitriles is 1. The van der Waals surface area contributed by atoms with Gasteiger partial charge in [-0.2, -0.15) is 5.26 Å². The van der Waals surface area contributed by atoms with Gasteiger partial charge in [-0.1, -0.05) is 11.6 Å². The van der Waals surface area contributed by atoms with Gasteiger partial charge < -0.3 is 4.90 Å². The second kappa shape index (κ2) is 4.11. The molecule has 0 saturated carbocycles. The Morgan fingerprint density at radius 1 is 1.62 bits per heavy atom. The van der Waals surface area contributed by atoms with E-state index in [-0.39, 0.29) is 11.6 Å². The number of anilines is 1. The standard InChI is InChI=1S/C9H8ClFN2/c1-13(5-4-12)7-2-3-9(11)8(10)6-7/h2-3,6H,5H2,1H3. The third kappa shape index (κ3) is 2.33. The van der Waals surface area contributed by atoms with Gasteiger partial charge in [-0.25, -0.2) is 4.39 Å². The number of benzene rings is 1. The van der Waals surface area contributed by atoms with Crippen molar-refractivity contribution in [3.8, 4) is 6.07 Å². The molecule has 0 aliphatic heterocycles. The lowest BCUT2D eigenvalue weighted by atomic mass is 10.3. The third-order valence-corrected chi connectivity index (χ3v) is 1.94. The molecule has 0 aliphatic carbocycles. The molecular formula is C9H8ClFN2. The molecule has 2 nitrogen and oxygen atoms in total. The molecule has 0 unspecified atom stereocenters. The van der Waals surface area contributed by atoms with Gasteiger partial charge in [-0.3, -0.25) is 0 Å². The molecule has 0 fully saturated rings. The zero-order valence-corrected chi connectivity index (χ0v) is 7.85. The highest BCUT2D eigenvalue weighted by Gasteiger charge is 2.03. The Hall–Kier alpha value is -1.27. The molecule has 1 rings (SSSR count). The van der Waals surface area contributed by atoms with E-state index in [4.69, 9.17) is 16.9 Å². The summed E-state index contributed by atoms with van der Waals surface area (Å²) in [5.41, 5.74) is 0.730. The van der Waals surface area contributed by atoms with Crippen LogP contribution in [0.15, 0.2) is 18.2 Å². The second-order valence-electron chi connectivity index (χ2n) is 2.61. The summed E-state index contributed by atoms with van der Waals surface area (Å²) in [6.45, 7) is 0.252. The Morgan fingerprint density at radius 3 is 2.85 bits per heavy atom. The molecule has 0 N–H and O–H groups in total. The summed E-state index contributed by atoms with van der Waals surface area (Å²) in [7, 11) is 1.74. The maximum Gasteiger partial charge on any atom is 0.141 e. The summed E-state index contributed by atoms with van der Waals surface area (Å²) in [4.78, 5) is 1.69. The maximum absolute atomic E-state index is 12.7. The molecule has 1 aromatic rings. The highest BCUT2D eigenvalue weighted by atomic mass is 35.5. The van der Waals surface area contributed by atoms with E-state index in [1.165, 1.54) is 12.1 Å². The fourth-order valence-corrected chi connectivity index (χ4v) is 1.09. The number of rotatable bonds is 2. The first-order chi connectivity index (χ1) is 6.15. The Kier molecular flexibility index (Phi) is 3.10. The smallest absolute Gasteiger partial charge is 0.141 e. The van der Waals surface area contributed by atoms with Gasteiger partial charge in [-0.05, 0) is 18.2 Å². The van der Waals surface area contributed by atoms with Crippen LogP contribution in [0.1, 0.15) is 0 Å². The first-order valence-electron chi connectivity index (χ1n) is 3.68. The molecule has 0 aliphatic rings. The molecule has 0 radical (unpaired) electrons. The summed E-state index contributed by atoms with van der Waals surface area (Å²) >= 11 is 5.57. The molecule has 13 heavy (non-hydrogen) atoms. The average molecular weight is 199 g/mol. The van der Waals surface area contributed by atoms with Gasteiger partial charge in [0, 0.05) is 12.7 Å². The molecule has 0 saturated heterocycles. The van der Waals surface area contributed by atoms with Gasteiger partial charge in [0.25, 0.3) is 0 Å². The van der Waals surface area contributed by atoms with Crippen molar-refractivity contribution in [2.24, 2.45) is 0 Å². The van der Waals surface area contributed by atoms with E-state index < -0.39 is 5.82 Å². The van der Waals surface area contributed by atoms with Crippen molar-refractivity contribution in [3.63, 3.8) is 0 Å². The number of halogens is 2. The molecule has 0 aromatic heterocycles. The van der Waals surface area contributed by atoms with Gasteiger partial charge >= 0.3 is 0 Å². The summed E-state index contributed by atoms with van der Waals surface area (Å²) < 4.78 is 12.7. The van der Waals surface area contributed by atoms with E-state index in [1.807, 2.05) is 6.07 Å².